The first-order valence-electron chi connectivity index (χ1n) is 9.74. The third-order valence-corrected chi connectivity index (χ3v) is 6.46. The Morgan fingerprint density at radius 1 is 1.15 bits per heavy atom. The second-order valence-corrected chi connectivity index (χ2v) is 9.27. The summed E-state index contributed by atoms with van der Waals surface area (Å²) in [5.74, 6) is -0.534. The van der Waals surface area contributed by atoms with Crippen LogP contribution in [0.2, 0.25) is 0 Å². The smallest absolute Gasteiger partial charge is 0.296 e. The second-order valence-electron chi connectivity index (χ2n) is 7.27. The summed E-state index contributed by atoms with van der Waals surface area (Å²) >= 11 is 4.82. The average Bonchev–Trinajstić information content (AvgIpc) is 3.29. The van der Waals surface area contributed by atoms with Crippen molar-refractivity contribution >= 4 is 38.3 Å². The normalized spacial score (nSPS) is 11.6. The maximum atomic E-state index is 13.0. The summed E-state index contributed by atoms with van der Waals surface area (Å²) in [6, 6.07) is 12.6. The SMILES string of the molecule is Cc1nc(NC(=O)c2nnn(-c3cccc(C(F)(F)F)c3)c2C)sc1Cc1cccc(Br)c1. The number of carbonyl (C=O) groups excluding carboxylic acids is 1. The van der Waals surface area contributed by atoms with Gasteiger partial charge in [0.2, 0.25) is 0 Å². The van der Waals surface area contributed by atoms with Gasteiger partial charge in [-0.1, -0.05) is 39.3 Å². The molecule has 0 atom stereocenters. The summed E-state index contributed by atoms with van der Waals surface area (Å²) in [5.41, 5.74) is 1.59. The van der Waals surface area contributed by atoms with E-state index in [0.717, 1.165) is 32.7 Å². The van der Waals surface area contributed by atoms with Gasteiger partial charge in [-0.05, 0) is 49.7 Å². The molecule has 0 saturated carbocycles. The Kier molecular flexibility index (Phi) is 6.35. The number of rotatable bonds is 5. The van der Waals surface area contributed by atoms with Gasteiger partial charge in [0.05, 0.1) is 22.6 Å². The largest absolute Gasteiger partial charge is 0.416 e. The number of hydrogen-bond acceptors (Lipinski definition) is 5. The second kappa shape index (κ2) is 9.06. The monoisotopic (exact) mass is 535 g/mol. The van der Waals surface area contributed by atoms with Crippen molar-refractivity contribution in [3.8, 4) is 5.69 Å². The van der Waals surface area contributed by atoms with Gasteiger partial charge in [0.25, 0.3) is 5.91 Å². The van der Waals surface area contributed by atoms with Gasteiger partial charge in [0.15, 0.2) is 10.8 Å². The number of halogens is 4. The third kappa shape index (κ3) is 5.14. The molecular formula is C22H17BrF3N5OS. The molecule has 33 heavy (non-hydrogen) atoms. The van der Waals surface area contributed by atoms with Crippen molar-refractivity contribution in [1.82, 2.24) is 20.0 Å². The number of amides is 1. The molecule has 0 radical (unpaired) electrons. The molecule has 170 valence electrons. The minimum absolute atomic E-state index is 0.00815. The first-order chi connectivity index (χ1) is 15.6. The molecule has 2 aromatic carbocycles. The maximum absolute atomic E-state index is 13.0. The van der Waals surface area contributed by atoms with Crippen molar-refractivity contribution < 1.29 is 18.0 Å². The number of benzene rings is 2. The van der Waals surface area contributed by atoms with Gasteiger partial charge in [-0.15, -0.1) is 16.4 Å². The van der Waals surface area contributed by atoms with E-state index in [9.17, 15) is 18.0 Å². The number of thiazole rings is 1. The molecule has 0 saturated heterocycles. The molecule has 1 amide bonds. The molecular weight excluding hydrogens is 519 g/mol. The number of nitrogens with zero attached hydrogens (tertiary/aromatic N) is 4. The van der Waals surface area contributed by atoms with Crippen LogP contribution in [0.5, 0.6) is 0 Å². The lowest BCUT2D eigenvalue weighted by molar-refractivity contribution is -0.137. The topological polar surface area (TPSA) is 72.7 Å². The zero-order chi connectivity index (χ0) is 23.8. The van der Waals surface area contributed by atoms with Crippen LogP contribution in [0.3, 0.4) is 0 Å². The van der Waals surface area contributed by atoms with Crippen molar-refractivity contribution in [1.29, 1.82) is 0 Å². The van der Waals surface area contributed by atoms with Crippen LogP contribution in [0.4, 0.5) is 18.3 Å². The molecule has 2 aromatic heterocycles. The highest BCUT2D eigenvalue weighted by molar-refractivity contribution is 9.10. The van der Waals surface area contributed by atoms with E-state index in [4.69, 9.17) is 0 Å². The van der Waals surface area contributed by atoms with E-state index < -0.39 is 17.6 Å². The van der Waals surface area contributed by atoms with E-state index in [1.165, 1.54) is 28.2 Å². The first kappa shape index (κ1) is 23.1. The molecule has 0 bridgehead atoms. The van der Waals surface area contributed by atoms with Crippen LogP contribution >= 0.6 is 27.3 Å². The summed E-state index contributed by atoms with van der Waals surface area (Å²) in [6.07, 6.45) is -3.81. The molecule has 0 aliphatic heterocycles. The molecule has 4 aromatic rings. The Labute approximate surface area is 199 Å². The Balaban J connectivity index is 1.53. The predicted octanol–water partition coefficient (Wildman–Crippen LogP) is 5.97. The van der Waals surface area contributed by atoms with Crippen LogP contribution in [-0.4, -0.2) is 25.9 Å². The van der Waals surface area contributed by atoms with Crippen LogP contribution in [0.1, 0.15) is 37.9 Å². The summed E-state index contributed by atoms with van der Waals surface area (Å²) < 4.78 is 41.3. The summed E-state index contributed by atoms with van der Waals surface area (Å²) in [5, 5.41) is 10.9. The predicted molar refractivity (Wildman–Crippen MR) is 123 cm³/mol. The summed E-state index contributed by atoms with van der Waals surface area (Å²) in [4.78, 5) is 18.2. The van der Waals surface area contributed by atoms with E-state index in [2.05, 4.69) is 36.5 Å². The van der Waals surface area contributed by atoms with Crippen LogP contribution in [0, 0.1) is 13.8 Å². The highest BCUT2D eigenvalue weighted by Gasteiger charge is 2.31. The molecule has 0 aliphatic rings. The maximum Gasteiger partial charge on any atom is 0.416 e. The number of aryl methyl sites for hydroxylation is 1. The zero-order valence-corrected chi connectivity index (χ0v) is 19.8. The first-order valence-corrected chi connectivity index (χ1v) is 11.3. The van der Waals surface area contributed by atoms with E-state index in [-0.39, 0.29) is 11.4 Å². The Morgan fingerprint density at radius 2 is 1.91 bits per heavy atom. The van der Waals surface area contributed by atoms with E-state index in [1.54, 1.807) is 6.92 Å². The van der Waals surface area contributed by atoms with Crippen LogP contribution in [0.25, 0.3) is 5.69 Å². The van der Waals surface area contributed by atoms with Crippen LogP contribution in [-0.2, 0) is 12.6 Å². The average molecular weight is 536 g/mol. The number of alkyl halides is 3. The van der Waals surface area contributed by atoms with Gasteiger partial charge in [0, 0.05) is 15.8 Å². The molecule has 0 unspecified atom stereocenters. The highest BCUT2D eigenvalue weighted by Crippen LogP contribution is 2.31. The van der Waals surface area contributed by atoms with E-state index in [1.807, 2.05) is 31.2 Å². The molecule has 4 rings (SSSR count). The Morgan fingerprint density at radius 3 is 2.64 bits per heavy atom. The number of carbonyl (C=O) groups is 1. The van der Waals surface area contributed by atoms with Crippen LogP contribution in [0.15, 0.2) is 53.0 Å². The van der Waals surface area contributed by atoms with E-state index in [0.29, 0.717) is 17.2 Å². The fourth-order valence-corrected chi connectivity index (χ4v) is 4.67. The Hall–Kier alpha value is -3.05. The fourth-order valence-electron chi connectivity index (χ4n) is 3.23. The molecule has 1 N–H and O–H groups in total. The van der Waals surface area contributed by atoms with Crippen molar-refractivity contribution in [3.63, 3.8) is 0 Å². The van der Waals surface area contributed by atoms with Crippen molar-refractivity contribution in [2.75, 3.05) is 5.32 Å². The number of nitrogens with one attached hydrogen (secondary N) is 1. The summed E-state index contributed by atoms with van der Waals surface area (Å²) in [7, 11) is 0. The van der Waals surface area contributed by atoms with Gasteiger partial charge < -0.3 is 0 Å². The van der Waals surface area contributed by atoms with Gasteiger partial charge in [-0.3, -0.25) is 10.1 Å². The van der Waals surface area contributed by atoms with Crippen molar-refractivity contribution in [2.45, 2.75) is 26.4 Å². The highest BCUT2D eigenvalue weighted by atomic mass is 79.9. The molecule has 2 heterocycles. The van der Waals surface area contributed by atoms with Gasteiger partial charge in [0.1, 0.15) is 0 Å². The van der Waals surface area contributed by atoms with Gasteiger partial charge in [-0.25, -0.2) is 9.67 Å². The molecule has 0 spiro atoms. The summed E-state index contributed by atoms with van der Waals surface area (Å²) in [6.45, 7) is 3.44. The van der Waals surface area contributed by atoms with Gasteiger partial charge >= 0.3 is 6.18 Å². The zero-order valence-electron chi connectivity index (χ0n) is 17.4. The molecule has 6 nitrogen and oxygen atoms in total. The third-order valence-electron chi connectivity index (χ3n) is 4.89. The molecule has 11 heteroatoms. The lowest BCUT2D eigenvalue weighted by Gasteiger charge is -2.09. The number of anilines is 1. The minimum atomic E-state index is -4.49. The number of aromatic nitrogens is 4. The molecule has 0 aliphatic carbocycles. The van der Waals surface area contributed by atoms with Crippen molar-refractivity contribution in [2.24, 2.45) is 0 Å². The van der Waals surface area contributed by atoms with Crippen LogP contribution < -0.4 is 5.32 Å². The standard InChI is InChI=1S/C22H17BrF3N5OS/c1-12-18(10-14-5-3-7-16(23)9-14)33-21(27-12)28-20(32)19-13(2)31(30-29-19)17-8-4-6-15(11-17)22(24,25)26/h3-9,11H,10H2,1-2H3,(H,27,28,32). The lowest BCUT2D eigenvalue weighted by Crippen LogP contribution is -2.14. The van der Waals surface area contributed by atoms with E-state index >= 15 is 0 Å². The Bertz CT molecular complexity index is 1330. The minimum Gasteiger partial charge on any atom is -0.296 e. The fraction of sp³-hybridized carbons (Fsp3) is 0.182. The van der Waals surface area contributed by atoms with Crippen molar-refractivity contribution in [3.05, 3.63) is 86.1 Å². The lowest BCUT2D eigenvalue weighted by atomic mass is 10.1. The van der Waals surface area contributed by atoms with Gasteiger partial charge in [-0.2, -0.15) is 13.2 Å². The molecule has 0 fully saturated rings. The quantitative estimate of drug-likeness (QED) is 0.342. The number of hydrogen-bond donors (Lipinski definition) is 1.